The summed E-state index contributed by atoms with van der Waals surface area (Å²) in [6, 6.07) is 13.7. The molecule has 2 aromatic rings. The van der Waals surface area contributed by atoms with Crippen molar-refractivity contribution in [1.82, 2.24) is 4.90 Å². The van der Waals surface area contributed by atoms with Crippen LogP contribution in [0.1, 0.15) is 28.8 Å². The Bertz CT molecular complexity index is 720. The third kappa shape index (κ3) is 3.92. The number of carbonyl (C=O) groups is 1. The molecule has 126 valence electrons. The predicted molar refractivity (Wildman–Crippen MR) is 91.3 cm³/mol. The van der Waals surface area contributed by atoms with E-state index in [0.29, 0.717) is 30.9 Å². The number of nitrogens with one attached hydrogen (secondary N) is 1. The lowest BCUT2D eigenvalue weighted by atomic mass is 10.1. The molecule has 2 aromatic carbocycles. The molecule has 2 N–H and O–H groups in total. The molecule has 1 unspecified atom stereocenters. The van der Waals surface area contributed by atoms with Gasteiger partial charge in [-0.25, -0.2) is 4.39 Å². The number of aliphatic hydroxyl groups excluding tert-OH is 1. The Morgan fingerprint density at radius 3 is 2.88 bits per heavy atom. The number of anilines is 1. The van der Waals surface area contributed by atoms with Gasteiger partial charge in [-0.3, -0.25) is 4.79 Å². The number of benzene rings is 2. The second-order valence-corrected chi connectivity index (χ2v) is 6.08. The van der Waals surface area contributed by atoms with Crippen molar-refractivity contribution in [1.29, 1.82) is 0 Å². The highest BCUT2D eigenvalue weighted by atomic mass is 19.1. The minimum Gasteiger partial charge on any atom is -0.391 e. The summed E-state index contributed by atoms with van der Waals surface area (Å²) in [4.78, 5) is 14.4. The Morgan fingerprint density at radius 2 is 2.08 bits per heavy atom. The first-order valence-corrected chi connectivity index (χ1v) is 8.18. The maximum Gasteiger partial charge on any atom is 0.256 e. The van der Waals surface area contributed by atoms with Crippen LogP contribution in [0.4, 0.5) is 10.1 Å². The molecule has 0 spiro atoms. The molecule has 0 radical (unpaired) electrons. The second-order valence-electron chi connectivity index (χ2n) is 6.08. The van der Waals surface area contributed by atoms with Crippen LogP contribution in [0.15, 0.2) is 48.5 Å². The minimum absolute atomic E-state index is 0.0870. The number of aliphatic hydroxyl groups is 1. The van der Waals surface area contributed by atoms with Crippen molar-refractivity contribution in [3.05, 3.63) is 65.5 Å². The average molecular weight is 328 g/mol. The molecule has 0 aromatic heterocycles. The zero-order valence-electron chi connectivity index (χ0n) is 13.4. The molecule has 4 nitrogen and oxygen atoms in total. The summed E-state index contributed by atoms with van der Waals surface area (Å²) in [5.41, 5.74) is 2.10. The van der Waals surface area contributed by atoms with E-state index in [4.69, 9.17) is 0 Å². The van der Waals surface area contributed by atoms with Crippen LogP contribution in [0.3, 0.4) is 0 Å². The SMILES string of the molecule is O=C(c1ccccc1NCc1cccc(F)c1)N1CCCC(O)C1. The molecule has 3 rings (SSSR count). The Labute approximate surface area is 140 Å². The van der Waals surface area contributed by atoms with Crippen LogP contribution in [0.5, 0.6) is 0 Å². The van der Waals surface area contributed by atoms with Gasteiger partial charge in [0.15, 0.2) is 0 Å². The maximum atomic E-state index is 13.3. The van der Waals surface area contributed by atoms with Gasteiger partial charge in [-0.2, -0.15) is 0 Å². The first-order chi connectivity index (χ1) is 11.6. The fraction of sp³-hybridized carbons (Fsp3) is 0.316. The van der Waals surface area contributed by atoms with Crippen molar-refractivity contribution in [2.75, 3.05) is 18.4 Å². The van der Waals surface area contributed by atoms with Gasteiger partial charge in [0.25, 0.3) is 5.91 Å². The van der Waals surface area contributed by atoms with Crippen molar-refractivity contribution in [3.8, 4) is 0 Å². The van der Waals surface area contributed by atoms with Crippen molar-refractivity contribution >= 4 is 11.6 Å². The van der Waals surface area contributed by atoms with Crippen LogP contribution in [-0.4, -0.2) is 35.1 Å². The first kappa shape index (κ1) is 16.5. The van der Waals surface area contributed by atoms with Crippen molar-refractivity contribution in [2.45, 2.75) is 25.5 Å². The van der Waals surface area contributed by atoms with Gasteiger partial charge in [0.2, 0.25) is 0 Å². The van der Waals surface area contributed by atoms with Crippen molar-refractivity contribution < 1.29 is 14.3 Å². The number of likely N-dealkylation sites (tertiary alicyclic amines) is 1. The van der Waals surface area contributed by atoms with Gasteiger partial charge in [0.05, 0.1) is 11.7 Å². The number of nitrogens with zero attached hydrogens (tertiary/aromatic N) is 1. The fourth-order valence-corrected chi connectivity index (χ4v) is 2.98. The predicted octanol–water partition coefficient (Wildman–Crippen LogP) is 3.03. The zero-order chi connectivity index (χ0) is 16.9. The van der Waals surface area contributed by atoms with Gasteiger partial charge >= 0.3 is 0 Å². The van der Waals surface area contributed by atoms with E-state index in [2.05, 4.69) is 5.32 Å². The van der Waals surface area contributed by atoms with Gasteiger partial charge < -0.3 is 15.3 Å². The summed E-state index contributed by atoms with van der Waals surface area (Å²) in [5, 5.41) is 13.0. The summed E-state index contributed by atoms with van der Waals surface area (Å²) in [7, 11) is 0. The Morgan fingerprint density at radius 1 is 1.25 bits per heavy atom. The highest BCUT2D eigenvalue weighted by Crippen LogP contribution is 2.21. The number of para-hydroxylation sites is 1. The van der Waals surface area contributed by atoms with Crippen molar-refractivity contribution in [3.63, 3.8) is 0 Å². The quantitative estimate of drug-likeness (QED) is 0.907. The molecule has 24 heavy (non-hydrogen) atoms. The number of hydrogen-bond donors (Lipinski definition) is 2. The number of amides is 1. The monoisotopic (exact) mass is 328 g/mol. The second kappa shape index (κ2) is 7.45. The van der Waals surface area contributed by atoms with E-state index in [1.165, 1.54) is 12.1 Å². The summed E-state index contributed by atoms with van der Waals surface area (Å²) < 4.78 is 13.3. The number of carbonyl (C=O) groups excluding carboxylic acids is 1. The summed E-state index contributed by atoms with van der Waals surface area (Å²) in [6.45, 7) is 1.47. The third-order valence-electron chi connectivity index (χ3n) is 4.21. The average Bonchev–Trinajstić information content (AvgIpc) is 2.60. The summed E-state index contributed by atoms with van der Waals surface area (Å²) >= 11 is 0. The van der Waals surface area contributed by atoms with Crippen LogP contribution in [0.2, 0.25) is 0 Å². The fourth-order valence-electron chi connectivity index (χ4n) is 2.98. The molecule has 1 atom stereocenters. The zero-order valence-corrected chi connectivity index (χ0v) is 13.4. The highest BCUT2D eigenvalue weighted by molar-refractivity contribution is 5.99. The molecule has 0 saturated carbocycles. The van der Waals surface area contributed by atoms with E-state index in [-0.39, 0.29) is 11.7 Å². The number of hydrogen-bond acceptors (Lipinski definition) is 3. The van der Waals surface area contributed by atoms with Gasteiger partial charge in [0, 0.05) is 25.3 Å². The standard InChI is InChI=1S/C19H21FN2O2/c20-15-6-3-5-14(11-15)12-21-18-9-2-1-8-17(18)19(24)22-10-4-7-16(23)13-22/h1-3,5-6,8-9,11,16,21,23H,4,7,10,12-13H2. The number of halogens is 1. The topological polar surface area (TPSA) is 52.6 Å². The van der Waals surface area contributed by atoms with Crippen molar-refractivity contribution in [2.24, 2.45) is 0 Å². The van der Waals surface area contributed by atoms with Crippen LogP contribution in [0.25, 0.3) is 0 Å². The van der Waals surface area contributed by atoms with Crippen LogP contribution >= 0.6 is 0 Å². The molecule has 1 saturated heterocycles. The Kier molecular flexibility index (Phi) is 5.11. The molecule has 1 heterocycles. The van der Waals surface area contributed by atoms with E-state index in [1.54, 1.807) is 17.0 Å². The van der Waals surface area contributed by atoms with E-state index in [9.17, 15) is 14.3 Å². The van der Waals surface area contributed by atoms with E-state index in [1.807, 2.05) is 24.3 Å². The molecular weight excluding hydrogens is 307 g/mol. The summed E-state index contributed by atoms with van der Waals surface area (Å²) in [5.74, 6) is -0.364. The van der Waals surface area contributed by atoms with Gasteiger partial charge in [-0.15, -0.1) is 0 Å². The van der Waals surface area contributed by atoms with E-state index < -0.39 is 6.10 Å². The summed E-state index contributed by atoms with van der Waals surface area (Å²) in [6.07, 6.45) is 1.10. The number of rotatable bonds is 4. The number of piperidine rings is 1. The normalized spacial score (nSPS) is 17.6. The van der Waals surface area contributed by atoms with Gasteiger partial charge in [-0.05, 0) is 42.7 Å². The smallest absolute Gasteiger partial charge is 0.256 e. The Hall–Kier alpha value is -2.40. The molecule has 1 aliphatic rings. The van der Waals surface area contributed by atoms with Crippen LogP contribution < -0.4 is 5.32 Å². The molecule has 5 heteroatoms. The van der Waals surface area contributed by atoms with Gasteiger partial charge in [-0.1, -0.05) is 24.3 Å². The lowest BCUT2D eigenvalue weighted by Gasteiger charge is -2.30. The maximum absolute atomic E-state index is 13.3. The van der Waals surface area contributed by atoms with Crippen LogP contribution in [0, 0.1) is 5.82 Å². The lowest BCUT2D eigenvalue weighted by Crippen LogP contribution is -2.42. The third-order valence-corrected chi connectivity index (χ3v) is 4.21. The minimum atomic E-state index is -0.449. The van der Waals surface area contributed by atoms with Gasteiger partial charge in [0.1, 0.15) is 5.82 Å². The van der Waals surface area contributed by atoms with E-state index in [0.717, 1.165) is 18.4 Å². The molecule has 1 amide bonds. The number of β-amino-alcohol motifs (C(OH)–C–C–N with tert-alkyl or cyclic N) is 1. The van der Waals surface area contributed by atoms with E-state index >= 15 is 0 Å². The molecule has 0 bridgehead atoms. The van der Waals surface area contributed by atoms with Crippen LogP contribution in [-0.2, 0) is 6.54 Å². The largest absolute Gasteiger partial charge is 0.391 e. The molecule has 0 aliphatic carbocycles. The molecular formula is C19H21FN2O2. The first-order valence-electron chi connectivity index (χ1n) is 8.18. The lowest BCUT2D eigenvalue weighted by molar-refractivity contribution is 0.0474. The highest BCUT2D eigenvalue weighted by Gasteiger charge is 2.24. The molecule has 1 aliphatic heterocycles. The molecule has 1 fully saturated rings. The Balaban J connectivity index is 1.74.